The molecule has 0 radical (unpaired) electrons. The molecular weight excluding hydrogens is 270 g/mol. The normalized spacial score (nSPS) is 21.6. The number of rotatable bonds is 3. The fraction of sp³-hybridized carbons (Fsp3) is 0.733. The van der Waals surface area contributed by atoms with Crippen LogP contribution in [-0.4, -0.2) is 28.0 Å². The van der Waals surface area contributed by atoms with Gasteiger partial charge in [-0.1, -0.05) is 6.92 Å². The highest BCUT2D eigenvalue weighted by Crippen LogP contribution is 2.29. The third-order valence-corrected chi connectivity index (χ3v) is 4.58. The molecule has 2 heterocycles. The lowest BCUT2D eigenvalue weighted by atomic mass is 9.79. The van der Waals surface area contributed by atoms with E-state index in [-0.39, 0.29) is 23.0 Å². The number of nitrogens with zero attached hydrogens (tertiary/aromatic N) is 1. The summed E-state index contributed by atoms with van der Waals surface area (Å²) in [6, 6.07) is 0.209. The molecule has 2 rings (SSSR count). The van der Waals surface area contributed by atoms with Gasteiger partial charge >= 0.3 is 0 Å². The van der Waals surface area contributed by atoms with Gasteiger partial charge in [0.1, 0.15) is 4.88 Å². The molecule has 0 aromatic carbocycles. The van der Waals surface area contributed by atoms with Gasteiger partial charge in [0.25, 0.3) is 5.91 Å². The van der Waals surface area contributed by atoms with Crippen molar-refractivity contribution in [2.24, 2.45) is 0 Å². The predicted octanol–water partition coefficient (Wildman–Crippen LogP) is 2.74. The number of thiazole rings is 1. The third kappa shape index (κ3) is 3.58. The molecule has 1 amide bonds. The minimum absolute atomic E-state index is 0.0304. The molecule has 0 saturated carbocycles. The highest BCUT2D eigenvalue weighted by molar-refractivity contribution is 7.11. The van der Waals surface area contributed by atoms with Crippen LogP contribution in [0.2, 0.25) is 0 Å². The van der Waals surface area contributed by atoms with Crippen molar-refractivity contribution in [2.45, 2.75) is 71.0 Å². The summed E-state index contributed by atoms with van der Waals surface area (Å²) in [5.74, 6) is 0.0304. The van der Waals surface area contributed by atoms with Gasteiger partial charge < -0.3 is 10.6 Å². The van der Waals surface area contributed by atoms with Crippen molar-refractivity contribution in [1.29, 1.82) is 0 Å². The first kappa shape index (κ1) is 15.4. The monoisotopic (exact) mass is 295 g/mol. The SMILES string of the molecule is CCc1ncsc1C(=O)NC1CC(C)(C)NC(C)(C)C1. The molecule has 1 fully saturated rings. The van der Waals surface area contributed by atoms with Crippen LogP contribution in [0.3, 0.4) is 0 Å². The fourth-order valence-corrected chi connectivity index (χ4v) is 4.17. The van der Waals surface area contributed by atoms with E-state index in [4.69, 9.17) is 0 Å². The van der Waals surface area contributed by atoms with Crippen LogP contribution >= 0.6 is 11.3 Å². The molecular formula is C15H25N3OS. The predicted molar refractivity (Wildman–Crippen MR) is 83.3 cm³/mol. The van der Waals surface area contributed by atoms with E-state index in [9.17, 15) is 4.79 Å². The topological polar surface area (TPSA) is 54.0 Å². The van der Waals surface area contributed by atoms with Gasteiger partial charge in [0.05, 0.1) is 11.2 Å². The van der Waals surface area contributed by atoms with E-state index < -0.39 is 0 Å². The van der Waals surface area contributed by atoms with Gasteiger partial charge in [0, 0.05) is 17.1 Å². The summed E-state index contributed by atoms with van der Waals surface area (Å²) < 4.78 is 0. The standard InChI is InChI=1S/C15H25N3OS/c1-6-11-12(20-9-16-11)13(19)17-10-7-14(2,3)18-15(4,5)8-10/h9-10,18H,6-8H2,1-5H3,(H,17,19). The van der Waals surface area contributed by atoms with Gasteiger partial charge in [-0.15, -0.1) is 11.3 Å². The van der Waals surface area contributed by atoms with Crippen LogP contribution in [0.15, 0.2) is 5.51 Å². The minimum Gasteiger partial charge on any atom is -0.348 e. The highest BCUT2D eigenvalue weighted by Gasteiger charge is 2.38. The summed E-state index contributed by atoms with van der Waals surface area (Å²) in [5.41, 5.74) is 2.74. The zero-order valence-corrected chi connectivity index (χ0v) is 13.9. The van der Waals surface area contributed by atoms with Gasteiger partial charge in [0.2, 0.25) is 0 Å². The van der Waals surface area contributed by atoms with Crippen molar-refractivity contribution in [2.75, 3.05) is 0 Å². The second kappa shape index (κ2) is 5.45. The smallest absolute Gasteiger partial charge is 0.263 e. The molecule has 1 aromatic rings. The summed E-state index contributed by atoms with van der Waals surface area (Å²) in [4.78, 5) is 17.4. The molecule has 0 bridgehead atoms. The Morgan fingerprint density at radius 3 is 2.55 bits per heavy atom. The van der Waals surface area contributed by atoms with Crippen LogP contribution < -0.4 is 10.6 Å². The van der Waals surface area contributed by atoms with Gasteiger partial charge in [-0.05, 0) is 47.0 Å². The van der Waals surface area contributed by atoms with Crippen LogP contribution in [0.5, 0.6) is 0 Å². The molecule has 20 heavy (non-hydrogen) atoms. The number of carbonyl (C=O) groups is 1. The van der Waals surface area contributed by atoms with Gasteiger partial charge in [0.15, 0.2) is 0 Å². The van der Waals surface area contributed by atoms with Gasteiger partial charge in [-0.3, -0.25) is 4.79 Å². The fourth-order valence-electron chi connectivity index (χ4n) is 3.38. The largest absolute Gasteiger partial charge is 0.348 e. The van der Waals surface area contributed by atoms with Crippen molar-refractivity contribution >= 4 is 17.2 Å². The lowest BCUT2D eigenvalue weighted by molar-refractivity contribution is 0.0876. The van der Waals surface area contributed by atoms with E-state index in [1.807, 2.05) is 6.92 Å². The number of aryl methyl sites for hydroxylation is 1. The molecule has 0 unspecified atom stereocenters. The van der Waals surface area contributed by atoms with Crippen LogP contribution in [0.25, 0.3) is 0 Å². The number of piperidine rings is 1. The maximum Gasteiger partial charge on any atom is 0.263 e. The molecule has 1 aliphatic rings. The minimum atomic E-state index is 0.0304. The second-order valence-corrected chi connectivity index (χ2v) is 7.81. The Bertz CT molecular complexity index is 477. The lowest BCUT2D eigenvalue weighted by Gasteiger charge is -2.46. The number of aromatic nitrogens is 1. The summed E-state index contributed by atoms with van der Waals surface area (Å²) in [5, 5.41) is 6.83. The Morgan fingerprint density at radius 2 is 2.00 bits per heavy atom. The maximum absolute atomic E-state index is 12.4. The van der Waals surface area contributed by atoms with Crippen LogP contribution in [0, 0.1) is 0 Å². The Balaban J connectivity index is 2.08. The second-order valence-electron chi connectivity index (χ2n) is 6.95. The van der Waals surface area contributed by atoms with E-state index in [1.54, 1.807) is 5.51 Å². The number of hydrogen-bond donors (Lipinski definition) is 2. The molecule has 0 aliphatic carbocycles. The first-order valence-corrected chi connectivity index (χ1v) is 8.13. The van der Waals surface area contributed by atoms with E-state index in [2.05, 4.69) is 43.3 Å². The van der Waals surface area contributed by atoms with Gasteiger partial charge in [-0.25, -0.2) is 4.98 Å². The first-order valence-electron chi connectivity index (χ1n) is 7.25. The number of carbonyl (C=O) groups excluding carboxylic acids is 1. The quantitative estimate of drug-likeness (QED) is 0.901. The highest BCUT2D eigenvalue weighted by atomic mass is 32.1. The van der Waals surface area contributed by atoms with Crippen molar-refractivity contribution in [1.82, 2.24) is 15.6 Å². The molecule has 2 N–H and O–H groups in total. The van der Waals surface area contributed by atoms with E-state index >= 15 is 0 Å². The maximum atomic E-state index is 12.4. The van der Waals surface area contributed by atoms with E-state index in [0.29, 0.717) is 0 Å². The van der Waals surface area contributed by atoms with Gasteiger partial charge in [-0.2, -0.15) is 0 Å². The molecule has 1 aromatic heterocycles. The van der Waals surface area contributed by atoms with Crippen molar-refractivity contribution in [3.63, 3.8) is 0 Å². The average molecular weight is 295 g/mol. The van der Waals surface area contributed by atoms with Crippen molar-refractivity contribution in [3.8, 4) is 0 Å². The molecule has 1 aliphatic heterocycles. The van der Waals surface area contributed by atoms with E-state index in [1.165, 1.54) is 11.3 Å². The molecule has 112 valence electrons. The number of hydrogen-bond acceptors (Lipinski definition) is 4. The summed E-state index contributed by atoms with van der Waals surface area (Å²) in [7, 11) is 0. The Morgan fingerprint density at radius 1 is 1.40 bits per heavy atom. The number of nitrogens with one attached hydrogen (secondary N) is 2. The Labute approximate surface area is 125 Å². The zero-order valence-electron chi connectivity index (χ0n) is 13.0. The molecule has 0 atom stereocenters. The zero-order chi connectivity index (χ0) is 15.0. The summed E-state index contributed by atoms with van der Waals surface area (Å²) in [6.07, 6.45) is 2.69. The summed E-state index contributed by atoms with van der Waals surface area (Å²) in [6.45, 7) is 10.8. The third-order valence-electron chi connectivity index (χ3n) is 3.71. The Kier molecular flexibility index (Phi) is 4.21. The van der Waals surface area contributed by atoms with Crippen molar-refractivity contribution < 1.29 is 4.79 Å². The Hall–Kier alpha value is -0.940. The number of amides is 1. The first-order chi connectivity index (χ1) is 9.22. The van der Waals surface area contributed by atoms with Crippen molar-refractivity contribution in [3.05, 3.63) is 16.1 Å². The molecule has 5 heteroatoms. The van der Waals surface area contributed by atoms with Crippen LogP contribution in [-0.2, 0) is 6.42 Å². The van der Waals surface area contributed by atoms with E-state index in [0.717, 1.165) is 29.8 Å². The van der Waals surface area contributed by atoms with Crippen LogP contribution in [0.4, 0.5) is 0 Å². The molecule has 0 spiro atoms. The van der Waals surface area contributed by atoms with Crippen LogP contribution in [0.1, 0.15) is 62.8 Å². The average Bonchev–Trinajstić information content (AvgIpc) is 2.71. The molecule has 4 nitrogen and oxygen atoms in total. The lowest BCUT2D eigenvalue weighted by Crippen LogP contribution is -2.62. The summed E-state index contributed by atoms with van der Waals surface area (Å²) >= 11 is 1.43. The molecule has 1 saturated heterocycles.